The average Bonchev–Trinajstić information content (AvgIpc) is 3.38. The van der Waals surface area contributed by atoms with Crippen LogP contribution in [-0.4, -0.2) is 46.3 Å². The molecule has 26 heavy (non-hydrogen) atoms. The summed E-state index contributed by atoms with van der Waals surface area (Å²) in [5.74, 6) is -0.469. The molecule has 1 amide bonds. The van der Waals surface area contributed by atoms with Gasteiger partial charge in [-0.25, -0.2) is 4.79 Å². The number of nitrogens with zero attached hydrogens (tertiary/aromatic N) is 2. The molecule has 0 aromatic carbocycles. The lowest BCUT2D eigenvalue weighted by Gasteiger charge is -2.21. The SMILES string of the molecule is CCCC(=O)N(CC(=O)c1c(C)c(C(=O)OCC)n(CC)c1C)C1CC1. The van der Waals surface area contributed by atoms with Crippen molar-refractivity contribution in [3.05, 3.63) is 22.5 Å². The van der Waals surface area contributed by atoms with E-state index in [0.717, 1.165) is 25.0 Å². The maximum atomic E-state index is 13.0. The van der Waals surface area contributed by atoms with E-state index in [4.69, 9.17) is 4.74 Å². The fraction of sp³-hybridized carbons (Fsp3) is 0.650. The smallest absolute Gasteiger partial charge is 0.355 e. The van der Waals surface area contributed by atoms with Gasteiger partial charge >= 0.3 is 5.97 Å². The molecule has 6 nitrogen and oxygen atoms in total. The summed E-state index contributed by atoms with van der Waals surface area (Å²) < 4.78 is 6.99. The van der Waals surface area contributed by atoms with Gasteiger partial charge in [0.2, 0.25) is 5.91 Å². The minimum atomic E-state index is -0.407. The first-order valence-corrected chi connectivity index (χ1v) is 9.56. The number of carbonyl (C=O) groups excluding carboxylic acids is 3. The zero-order valence-electron chi connectivity index (χ0n) is 16.6. The average molecular weight is 362 g/mol. The summed E-state index contributed by atoms with van der Waals surface area (Å²) in [4.78, 5) is 39.5. The summed E-state index contributed by atoms with van der Waals surface area (Å²) in [6.07, 6.45) is 3.16. The van der Waals surface area contributed by atoms with Crippen molar-refractivity contribution in [2.24, 2.45) is 0 Å². The Labute approximate surface area is 155 Å². The number of ether oxygens (including phenoxy) is 1. The molecule has 0 bridgehead atoms. The molecule has 0 saturated heterocycles. The van der Waals surface area contributed by atoms with Gasteiger partial charge in [0.15, 0.2) is 5.78 Å². The summed E-state index contributed by atoms with van der Waals surface area (Å²) in [5.41, 5.74) is 2.39. The number of Topliss-reactive ketones (excluding diaryl/α,β-unsaturated/α-hetero) is 1. The second-order valence-electron chi connectivity index (χ2n) is 6.82. The minimum absolute atomic E-state index is 0.0409. The lowest BCUT2D eigenvalue weighted by Crippen LogP contribution is -2.37. The van der Waals surface area contributed by atoms with Crippen molar-refractivity contribution >= 4 is 17.7 Å². The van der Waals surface area contributed by atoms with E-state index in [1.807, 2.05) is 25.3 Å². The van der Waals surface area contributed by atoms with Gasteiger partial charge in [0.05, 0.1) is 13.2 Å². The highest BCUT2D eigenvalue weighted by Crippen LogP contribution is 2.29. The monoisotopic (exact) mass is 362 g/mol. The number of hydrogen-bond acceptors (Lipinski definition) is 4. The van der Waals surface area contributed by atoms with Crippen LogP contribution in [0.1, 0.15) is 78.6 Å². The molecule has 1 aliphatic carbocycles. The van der Waals surface area contributed by atoms with Gasteiger partial charge in [-0.05, 0) is 52.5 Å². The zero-order valence-corrected chi connectivity index (χ0v) is 16.6. The quantitative estimate of drug-likeness (QED) is 0.499. The first-order valence-electron chi connectivity index (χ1n) is 9.56. The van der Waals surface area contributed by atoms with Crippen molar-refractivity contribution in [1.82, 2.24) is 9.47 Å². The normalized spacial score (nSPS) is 13.6. The van der Waals surface area contributed by atoms with E-state index < -0.39 is 5.97 Å². The van der Waals surface area contributed by atoms with Gasteiger partial charge < -0.3 is 14.2 Å². The van der Waals surface area contributed by atoms with E-state index in [1.165, 1.54) is 0 Å². The highest BCUT2D eigenvalue weighted by atomic mass is 16.5. The van der Waals surface area contributed by atoms with E-state index >= 15 is 0 Å². The fourth-order valence-electron chi connectivity index (χ4n) is 3.56. The molecule has 1 saturated carbocycles. The van der Waals surface area contributed by atoms with Crippen LogP contribution in [0.2, 0.25) is 0 Å². The number of hydrogen-bond donors (Lipinski definition) is 0. The lowest BCUT2D eigenvalue weighted by atomic mass is 10.0. The molecule has 144 valence electrons. The lowest BCUT2D eigenvalue weighted by molar-refractivity contribution is -0.131. The molecule has 2 rings (SSSR count). The molecule has 1 aromatic heterocycles. The van der Waals surface area contributed by atoms with Crippen molar-refractivity contribution in [3.8, 4) is 0 Å². The summed E-state index contributed by atoms with van der Waals surface area (Å²) in [6, 6.07) is 0.191. The van der Waals surface area contributed by atoms with Gasteiger partial charge in [-0.1, -0.05) is 6.92 Å². The second-order valence-corrected chi connectivity index (χ2v) is 6.82. The van der Waals surface area contributed by atoms with E-state index in [9.17, 15) is 14.4 Å². The third-order valence-corrected chi connectivity index (χ3v) is 4.92. The highest BCUT2D eigenvalue weighted by Gasteiger charge is 2.35. The van der Waals surface area contributed by atoms with Crippen molar-refractivity contribution < 1.29 is 19.1 Å². The summed E-state index contributed by atoms with van der Waals surface area (Å²) >= 11 is 0. The fourth-order valence-corrected chi connectivity index (χ4v) is 3.56. The van der Waals surface area contributed by atoms with E-state index in [0.29, 0.717) is 29.8 Å². The highest BCUT2D eigenvalue weighted by molar-refractivity contribution is 6.04. The summed E-state index contributed by atoms with van der Waals surface area (Å²) in [5, 5.41) is 0. The van der Waals surface area contributed by atoms with Crippen LogP contribution >= 0.6 is 0 Å². The number of carbonyl (C=O) groups is 3. The minimum Gasteiger partial charge on any atom is -0.461 e. The molecule has 0 unspecified atom stereocenters. The molecule has 1 aliphatic rings. The molecule has 1 heterocycles. The Balaban J connectivity index is 2.33. The topological polar surface area (TPSA) is 68.6 Å². The Kier molecular flexibility index (Phi) is 6.62. The van der Waals surface area contributed by atoms with E-state index in [1.54, 1.807) is 18.7 Å². The van der Waals surface area contributed by atoms with Crippen molar-refractivity contribution in [2.45, 2.75) is 72.9 Å². The van der Waals surface area contributed by atoms with Gasteiger partial charge in [0.1, 0.15) is 5.69 Å². The van der Waals surface area contributed by atoms with Crippen molar-refractivity contribution in [2.75, 3.05) is 13.2 Å². The summed E-state index contributed by atoms with van der Waals surface area (Å²) in [6.45, 7) is 10.2. The molecule has 0 N–H and O–H groups in total. The number of ketones is 1. The molecule has 0 aliphatic heterocycles. The van der Waals surface area contributed by atoms with Crippen molar-refractivity contribution in [1.29, 1.82) is 0 Å². The number of aromatic nitrogens is 1. The predicted octanol–water partition coefficient (Wildman–Crippen LogP) is 3.28. The molecular formula is C20H30N2O4. The molecular weight excluding hydrogens is 332 g/mol. The van der Waals surface area contributed by atoms with Crippen LogP contribution in [0.4, 0.5) is 0 Å². The van der Waals surface area contributed by atoms with Gasteiger partial charge in [0, 0.05) is 30.3 Å². The molecule has 0 radical (unpaired) electrons. The van der Waals surface area contributed by atoms with E-state index in [2.05, 4.69) is 0 Å². The van der Waals surface area contributed by atoms with Gasteiger partial charge in [0.25, 0.3) is 0 Å². The van der Waals surface area contributed by atoms with Gasteiger partial charge in [-0.2, -0.15) is 0 Å². The van der Waals surface area contributed by atoms with Crippen LogP contribution < -0.4 is 0 Å². The van der Waals surface area contributed by atoms with Gasteiger partial charge in [-0.15, -0.1) is 0 Å². The maximum Gasteiger partial charge on any atom is 0.355 e. The third kappa shape index (κ3) is 4.00. The second kappa shape index (κ2) is 8.52. The summed E-state index contributed by atoms with van der Waals surface area (Å²) in [7, 11) is 0. The maximum absolute atomic E-state index is 13.0. The Morgan fingerprint density at radius 1 is 1.15 bits per heavy atom. The number of rotatable bonds is 9. The number of amides is 1. The largest absolute Gasteiger partial charge is 0.461 e. The van der Waals surface area contributed by atoms with Crippen LogP contribution in [0.3, 0.4) is 0 Å². The molecule has 0 spiro atoms. The van der Waals surface area contributed by atoms with Crippen LogP contribution in [0.25, 0.3) is 0 Å². The van der Waals surface area contributed by atoms with Crippen LogP contribution in [0.15, 0.2) is 0 Å². The molecule has 6 heteroatoms. The molecule has 1 aromatic rings. The molecule has 0 atom stereocenters. The third-order valence-electron chi connectivity index (χ3n) is 4.92. The Bertz CT molecular complexity index is 701. The van der Waals surface area contributed by atoms with E-state index in [-0.39, 0.29) is 30.9 Å². The van der Waals surface area contributed by atoms with Crippen LogP contribution in [0, 0.1) is 13.8 Å². The van der Waals surface area contributed by atoms with Crippen LogP contribution in [0.5, 0.6) is 0 Å². The first kappa shape index (κ1) is 20.2. The predicted molar refractivity (Wildman–Crippen MR) is 99.5 cm³/mol. The molecule has 1 fully saturated rings. The Morgan fingerprint density at radius 2 is 1.81 bits per heavy atom. The van der Waals surface area contributed by atoms with Crippen molar-refractivity contribution in [3.63, 3.8) is 0 Å². The standard InChI is InChI=1S/C20H30N2O4/c1-6-9-17(24)22(15-10-11-15)12-16(23)18-13(4)19(20(25)26-8-3)21(7-2)14(18)5/h15H,6-12H2,1-5H3. The first-order chi connectivity index (χ1) is 12.4. The Hall–Kier alpha value is -2.11. The zero-order chi connectivity index (χ0) is 19.4. The van der Waals surface area contributed by atoms with Gasteiger partial charge in [-0.3, -0.25) is 9.59 Å². The number of esters is 1. The Morgan fingerprint density at radius 3 is 2.31 bits per heavy atom. The van der Waals surface area contributed by atoms with Crippen LogP contribution in [-0.2, 0) is 16.1 Å².